The summed E-state index contributed by atoms with van der Waals surface area (Å²) in [7, 11) is -4.04. The Morgan fingerprint density at radius 2 is 2.00 bits per heavy atom. The third kappa shape index (κ3) is 4.56. The molecule has 94 valence electrons. The van der Waals surface area contributed by atoms with Gasteiger partial charge in [-0.2, -0.15) is 12.8 Å². The van der Waals surface area contributed by atoms with Crippen molar-refractivity contribution < 1.29 is 17.0 Å². The van der Waals surface area contributed by atoms with Crippen LogP contribution in [-0.2, 0) is 14.3 Å². The molecule has 0 aliphatic rings. The molecule has 0 saturated carbocycles. The van der Waals surface area contributed by atoms with E-state index in [9.17, 15) is 12.8 Å². The molecule has 0 heterocycles. The molecule has 0 radical (unpaired) electrons. The number of rotatable bonds is 6. The summed E-state index contributed by atoms with van der Waals surface area (Å²) >= 11 is 0. The van der Waals surface area contributed by atoms with Crippen molar-refractivity contribution in [3.63, 3.8) is 0 Å². The minimum Gasteiger partial charge on any atom is -0.349 e. The van der Waals surface area contributed by atoms with E-state index < -0.39 is 16.1 Å². The van der Waals surface area contributed by atoms with Gasteiger partial charge in [-0.1, -0.05) is 31.5 Å². The van der Waals surface area contributed by atoms with Crippen molar-refractivity contribution in [2.45, 2.75) is 31.1 Å². The van der Waals surface area contributed by atoms with E-state index in [1.165, 1.54) is 12.1 Å². The molecule has 0 bridgehead atoms. The van der Waals surface area contributed by atoms with Gasteiger partial charge in [0.2, 0.25) is 0 Å². The molecule has 0 atom stereocenters. The molecule has 1 rings (SSSR count). The molecule has 0 aliphatic carbocycles. The zero-order valence-electron chi connectivity index (χ0n) is 9.60. The summed E-state index contributed by atoms with van der Waals surface area (Å²) in [5, 5.41) is 0. The summed E-state index contributed by atoms with van der Waals surface area (Å²) < 4.78 is 40.6. The summed E-state index contributed by atoms with van der Waals surface area (Å²) in [4.78, 5) is -0.0564. The molecule has 17 heavy (non-hydrogen) atoms. The predicted molar refractivity (Wildman–Crippen MR) is 63.4 cm³/mol. The van der Waals surface area contributed by atoms with Crippen molar-refractivity contribution in [3.05, 3.63) is 42.4 Å². The van der Waals surface area contributed by atoms with E-state index in [0.29, 0.717) is 6.42 Å². The highest BCUT2D eigenvalue weighted by molar-refractivity contribution is 7.86. The molecule has 1 aromatic rings. The van der Waals surface area contributed by atoms with Gasteiger partial charge >= 0.3 is 10.1 Å². The van der Waals surface area contributed by atoms with E-state index in [4.69, 9.17) is 0 Å². The third-order valence-electron chi connectivity index (χ3n) is 2.08. The minimum absolute atomic E-state index is 0.0564. The summed E-state index contributed by atoms with van der Waals surface area (Å²) in [6.45, 7) is 1.97. The Hall–Kier alpha value is -1.36. The first-order valence-corrected chi connectivity index (χ1v) is 6.82. The molecule has 5 heteroatoms. The lowest BCUT2D eigenvalue weighted by atomic mass is 10.2. The van der Waals surface area contributed by atoms with Gasteiger partial charge in [-0.05, 0) is 31.1 Å². The van der Waals surface area contributed by atoms with Crippen LogP contribution in [0.4, 0.5) is 4.39 Å². The SMILES string of the molecule is CCCC/C=C(/F)OS(=O)(=O)c1ccccc1. The lowest BCUT2D eigenvalue weighted by molar-refractivity contribution is 0.301. The average Bonchev–Trinajstić information content (AvgIpc) is 2.30. The molecule has 3 nitrogen and oxygen atoms in total. The Kier molecular flexibility index (Phi) is 5.15. The molecular formula is C12H15FO3S. The maximum absolute atomic E-state index is 13.2. The summed E-state index contributed by atoms with van der Waals surface area (Å²) in [5.74, 6) is 0. The Morgan fingerprint density at radius 3 is 2.59 bits per heavy atom. The van der Waals surface area contributed by atoms with Crippen molar-refractivity contribution in [3.8, 4) is 0 Å². The van der Waals surface area contributed by atoms with E-state index in [1.807, 2.05) is 6.92 Å². The van der Waals surface area contributed by atoms with Gasteiger partial charge in [0.05, 0.1) is 0 Å². The minimum atomic E-state index is -4.04. The zero-order valence-corrected chi connectivity index (χ0v) is 10.4. The molecule has 0 unspecified atom stereocenters. The van der Waals surface area contributed by atoms with Crippen LogP contribution in [0.3, 0.4) is 0 Å². The highest BCUT2D eigenvalue weighted by atomic mass is 32.2. The van der Waals surface area contributed by atoms with Crippen molar-refractivity contribution in [2.75, 3.05) is 0 Å². The van der Waals surface area contributed by atoms with Gasteiger partial charge < -0.3 is 4.18 Å². The van der Waals surface area contributed by atoms with Gasteiger partial charge in [-0.3, -0.25) is 0 Å². The quantitative estimate of drug-likeness (QED) is 0.446. The number of unbranched alkanes of at least 4 members (excludes halogenated alkanes) is 2. The molecule has 0 aromatic heterocycles. The first-order chi connectivity index (χ1) is 8.06. The Bertz CT molecular complexity index is 466. The standard InChI is InChI=1S/C12H15FO3S/c1-2-3-5-10-12(13)16-17(14,15)11-8-6-4-7-9-11/h4,6-10H,2-3,5H2,1H3/b12-10-. The fraction of sp³-hybridized carbons (Fsp3) is 0.333. The van der Waals surface area contributed by atoms with E-state index in [2.05, 4.69) is 4.18 Å². The molecule has 0 aliphatic heterocycles. The molecule has 0 N–H and O–H groups in total. The number of hydrogen-bond acceptors (Lipinski definition) is 3. The zero-order chi connectivity index (χ0) is 12.7. The Morgan fingerprint density at radius 1 is 1.35 bits per heavy atom. The van der Waals surface area contributed by atoms with E-state index >= 15 is 0 Å². The first-order valence-electron chi connectivity index (χ1n) is 5.41. The lowest BCUT2D eigenvalue weighted by Gasteiger charge is -2.04. The number of allylic oxidation sites excluding steroid dienone is 1. The predicted octanol–water partition coefficient (Wildman–Crippen LogP) is 3.39. The lowest BCUT2D eigenvalue weighted by Crippen LogP contribution is -2.04. The molecule has 0 saturated heterocycles. The van der Waals surface area contributed by atoms with Crippen LogP contribution in [-0.4, -0.2) is 8.42 Å². The second-order valence-corrected chi connectivity index (χ2v) is 5.05. The van der Waals surface area contributed by atoms with Crippen LogP contribution in [0.5, 0.6) is 0 Å². The van der Waals surface area contributed by atoms with E-state index in [1.54, 1.807) is 18.2 Å². The van der Waals surface area contributed by atoms with Crippen molar-refractivity contribution in [2.24, 2.45) is 0 Å². The van der Waals surface area contributed by atoms with Crippen LogP contribution in [0.15, 0.2) is 47.3 Å². The second kappa shape index (κ2) is 6.39. The van der Waals surface area contributed by atoms with Gasteiger partial charge in [0.15, 0.2) is 0 Å². The first kappa shape index (κ1) is 13.7. The fourth-order valence-corrected chi connectivity index (χ4v) is 2.06. The summed E-state index contributed by atoms with van der Waals surface area (Å²) in [5.41, 5.74) is 0. The summed E-state index contributed by atoms with van der Waals surface area (Å²) in [6, 6.07) is 6.42. The van der Waals surface area contributed by atoms with Crippen molar-refractivity contribution in [1.29, 1.82) is 0 Å². The van der Waals surface area contributed by atoms with Gasteiger partial charge in [0, 0.05) is 0 Å². The van der Waals surface area contributed by atoms with Crippen LogP contribution in [0.2, 0.25) is 0 Å². The van der Waals surface area contributed by atoms with Crippen LogP contribution in [0, 0.1) is 0 Å². The Labute approximate surface area is 101 Å². The van der Waals surface area contributed by atoms with Gasteiger partial charge in [0.1, 0.15) is 4.90 Å². The topological polar surface area (TPSA) is 43.4 Å². The third-order valence-corrected chi connectivity index (χ3v) is 3.31. The van der Waals surface area contributed by atoms with Crippen molar-refractivity contribution >= 4 is 10.1 Å². The van der Waals surface area contributed by atoms with Crippen LogP contribution >= 0.6 is 0 Å². The second-order valence-electron chi connectivity index (χ2n) is 3.50. The number of hydrogen-bond donors (Lipinski definition) is 0. The maximum Gasteiger partial charge on any atom is 0.341 e. The highest BCUT2D eigenvalue weighted by Crippen LogP contribution is 2.16. The number of benzene rings is 1. The highest BCUT2D eigenvalue weighted by Gasteiger charge is 2.16. The van der Waals surface area contributed by atoms with Gasteiger partial charge in [-0.15, -0.1) is 0 Å². The van der Waals surface area contributed by atoms with Crippen LogP contribution in [0.25, 0.3) is 0 Å². The summed E-state index contributed by atoms with van der Waals surface area (Å²) in [6.07, 6.45) is 3.31. The van der Waals surface area contributed by atoms with Crippen LogP contribution < -0.4 is 0 Å². The van der Waals surface area contributed by atoms with Crippen molar-refractivity contribution in [1.82, 2.24) is 0 Å². The molecule has 0 amide bonds. The number of halogens is 1. The average molecular weight is 258 g/mol. The molecule has 1 aromatic carbocycles. The van der Waals surface area contributed by atoms with Crippen LogP contribution in [0.1, 0.15) is 26.2 Å². The smallest absolute Gasteiger partial charge is 0.341 e. The van der Waals surface area contributed by atoms with E-state index in [-0.39, 0.29) is 4.90 Å². The normalized spacial score (nSPS) is 12.5. The monoisotopic (exact) mass is 258 g/mol. The van der Waals surface area contributed by atoms with Gasteiger partial charge in [0.25, 0.3) is 6.01 Å². The molecule has 0 fully saturated rings. The van der Waals surface area contributed by atoms with E-state index in [0.717, 1.165) is 18.9 Å². The largest absolute Gasteiger partial charge is 0.349 e. The maximum atomic E-state index is 13.2. The fourth-order valence-electron chi connectivity index (χ4n) is 1.19. The van der Waals surface area contributed by atoms with Gasteiger partial charge in [-0.25, -0.2) is 0 Å². The molecular weight excluding hydrogens is 243 g/mol. The Balaban J connectivity index is 2.71. The molecule has 0 spiro atoms.